The Morgan fingerprint density at radius 2 is 1.92 bits per heavy atom. The van der Waals surface area contributed by atoms with E-state index in [1.54, 1.807) is 0 Å². The molecule has 0 heterocycles. The van der Waals surface area contributed by atoms with Crippen LogP contribution in [0.5, 0.6) is 0 Å². The highest BCUT2D eigenvalue weighted by atomic mass is 35.6. The molecular formula is C7H11Cl3O3. The number of rotatable bonds is 4. The van der Waals surface area contributed by atoms with Gasteiger partial charge >= 0.3 is 6.16 Å². The molecule has 0 amide bonds. The summed E-state index contributed by atoms with van der Waals surface area (Å²) in [5.74, 6) is 0. The molecule has 0 aromatic carbocycles. The van der Waals surface area contributed by atoms with Gasteiger partial charge in [-0.3, -0.25) is 0 Å². The minimum absolute atomic E-state index is 0.303. The van der Waals surface area contributed by atoms with Crippen molar-refractivity contribution < 1.29 is 14.3 Å². The van der Waals surface area contributed by atoms with Crippen LogP contribution in [-0.4, -0.2) is 23.2 Å². The first kappa shape index (κ1) is 13.1. The van der Waals surface area contributed by atoms with Crippen molar-refractivity contribution in [2.24, 2.45) is 0 Å². The Kier molecular flexibility index (Phi) is 6.64. The number of halogens is 3. The lowest BCUT2D eigenvalue weighted by molar-refractivity contribution is 0.0557. The summed E-state index contributed by atoms with van der Waals surface area (Å²) >= 11 is 16.0. The smallest absolute Gasteiger partial charge is 0.434 e. The number of alkyl halides is 3. The highest BCUT2D eigenvalue weighted by Gasteiger charge is 2.22. The van der Waals surface area contributed by atoms with Crippen LogP contribution in [0, 0.1) is 0 Å². The fourth-order valence-corrected chi connectivity index (χ4v) is 0.646. The van der Waals surface area contributed by atoms with Crippen molar-refractivity contribution in [3.05, 3.63) is 0 Å². The van der Waals surface area contributed by atoms with Crippen LogP contribution in [-0.2, 0) is 9.47 Å². The van der Waals surface area contributed by atoms with E-state index in [0.29, 0.717) is 6.61 Å². The molecule has 0 aliphatic heterocycles. The zero-order chi connectivity index (χ0) is 10.3. The molecule has 0 aromatic heterocycles. The van der Waals surface area contributed by atoms with E-state index in [1.165, 1.54) is 0 Å². The van der Waals surface area contributed by atoms with Crippen molar-refractivity contribution in [3.63, 3.8) is 0 Å². The molecule has 0 rings (SSSR count). The number of hydrogen-bond acceptors (Lipinski definition) is 3. The highest BCUT2D eigenvalue weighted by molar-refractivity contribution is 6.67. The summed E-state index contributed by atoms with van der Waals surface area (Å²) < 4.78 is 7.56. The van der Waals surface area contributed by atoms with Gasteiger partial charge < -0.3 is 9.47 Å². The Hall–Kier alpha value is 0.140. The van der Waals surface area contributed by atoms with Crippen LogP contribution in [0.25, 0.3) is 0 Å². The lowest BCUT2D eigenvalue weighted by atomic mass is 10.4. The minimum Gasteiger partial charge on any atom is -0.434 e. The van der Waals surface area contributed by atoms with Gasteiger partial charge in [-0.25, -0.2) is 4.79 Å². The molecule has 0 saturated carbocycles. The largest absolute Gasteiger partial charge is 0.508 e. The molecule has 0 bridgehead atoms. The SMILES string of the molecule is CCCCOC(=O)OCC(Cl)(Cl)Cl. The van der Waals surface area contributed by atoms with Crippen LogP contribution in [0.1, 0.15) is 19.8 Å². The van der Waals surface area contributed by atoms with Crippen LogP contribution < -0.4 is 0 Å². The first-order valence-electron chi connectivity index (χ1n) is 3.82. The van der Waals surface area contributed by atoms with Crippen LogP contribution in [0.2, 0.25) is 0 Å². The normalized spacial score (nSPS) is 11.1. The molecule has 0 unspecified atom stereocenters. The molecular weight excluding hydrogens is 238 g/mol. The van der Waals surface area contributed by atoms with Gasteiger partial charge in [-0.1, -0.05) is 48.1 Å². The second kappa shape index (κ2) is 6.57. The van der Waals surface area contributed by atoms with Gasteiger partial charge in [0, 0.05) is 0 Å². The topological polar surface area (TPSA) is 35.5 Å². The fraction of sp³-hybridized carbons (Fsp3) is 0.857. The summed E-state index contributed by atoms with van der Waals surface area (Å²) in [7, 11) is 0. The van der Waals surface area contributed by atoms with E-state index < -0.39 is 9.95 Å². The Bertz CT molecular complexity index is 156. The number of carbonyl (C=O) groups excluding carboxylic acids is 1. The predicted octanol–water partition coefficient (Wildman–Crippen LogP) is 3.31. The molecule has 78 valence electrons. The Morgan fingerprint density at radius 3 is 2.38 bits per heavy atom. The molecule has 3 nitrogen and oxygen atoms in total. The van der Waals surface area contributed by atoms with Crippen LogP contribution in [0.15, 0.2) is 0 Å². The van der Waals surface area contributed by atoms with Crippen molar-refractivity contribution in [1.82, 2.24) is 0 Å². The molecule has 0 atom stereocenters. The lowest BCUT2D eigenvalue weighted by Gasteiger charge is -2.10. The summed E-state index contributed by atoms with van der Waals surface area (Å²) in [5.41, 5.74) is 0. The standard InChI is InChI=1S/C7H11Cl3O3/c1-2-3-4-12-6(11)13-5-7(8,9)10/h2-5H2,1H3. The monoisotopic (exact) mass is 248 g/mol. The molecule has 0 spiro atoms. The zero-order valence-corrected chi connectivity index (χ0v) is 9.45. The van der Waals surface area contributed by atoms with Gasteiger partial charge in [0.15, 0.2) is 0 Å². The molecule has 0 aliphatic rings. The minimum atomic E-state index is -1.58. The number of unbranched alkanes of at least 4 members (excludes halogenated alkanes) is 1. The van der Waals surface area contributed by atoms with Gasteiger partial charge in [-0.05, 0) is 6.42 Å². The van der Waals surface area contributed by atoms with E-state index in [1.807, 2.05) is 6.92 Å². The third-order valence-electron chi connectivity index (χ3n) is 1.07. The first-order chi connectivity index (χ1) is 5.95. The average Bonchev–Trinajstić information content (AvgIpc) is 2.00. The van der Waals surface area contributed by atoms with Crippen LogP contribution >= 0.6 is 34.8 Å². The Morgan fingerprint density at radius 1 is 1.31 bits per heavy atom. The number of hydrogen-bond donors (Lipinski definition) is 0. The molecule has 6 heteroatoms. The van der Waals surface area contributed by atoms with Gasteiger partial charge in [0.1, 0.15) is 6.61 Å². The van der Waals surface area contributed by atoms with Gasteiger partial charge in [0.05, 0.1) is 6.61 Å². The average molecular weight is 250 g/mol. The third-order valence-corrected chi connectivity index (χ3v) is 1.40. The van der Waals surface area contributed by atoms with Crippen LogP contribution in [0.3, 0.4) is 0 Å². The summed E-state index contributed by atoms with van der Waals surface area (Å²) in [6.45, 7) is 2.01. The zero-order valence-electron chi connectivity index (χ0n) is 7.19. The molecule has 13 heavy (non-hydrogen) atoms. The molecule has 0 fully saturated rings. The number of ether oxygens (including phenoxy) is 2. The van der Waals surface area contributed by atoms with E-state index in [9.17, 15) is 4.79 Å². The lowest BCUT2D eigenvalue weighted by Crippen LogP contribution is -2.18. The Labute approximate surface area is 92.2 Å². The van der Waals surface area contributed by atoms with Crippen molar-refractivity contribution in [2.75, 3.05) is 13.2 Å². The summed E-state index contributed by atoms with van der Waals surface area (Å²) in [6.07, 6.45) is 0.931. The van der Waals surface area contributed by atoms with Gasteiger partial charge in [0.25, 0.3) is 0 Å². The van der Waals surface area contributed by atoms with E-state index in [2.05, 4.69) is 9.47 Å². The molecule has 0 radical (unpaired) electrons. The van der Waals surface area contributed by atoms with Gasteiger partial charge in [0.2, 0.25) is 3.79 Å². The van der Waals surface area contributed by atoms with Crippen molar-refractivity contribution in [2.45, 2.75) is 23.6 Å². The van der Waals surface area contributed by atoms with Gasteiger partial charge in [-0.15, -0.1) is 0 Å². The van der Waals surface area contributed by atoms with Gasteiger partial charge in [-0.2, -0.15) is 0 Å². The van der Waals surface area contributed by atoms with E-state index >= 15 is 0 Å². The molecule has 0 saturated heterocycles. The quantitative estimate of drug-likeness (QED) is 0.436. The molecule has 0 N–H and O–H groups in total. The second-order valence-electron chi connectivity index (χ2n) is 2.36. The summed E-state index contributed by atoms with van der Waals surface area (Å²) in [5, 5.41) is 0. The summed E-state index contributed by atoms with van der Waals surface area (Å²) in [4.78, 5) is 10.7. The van der Waals surface area contributed by atoms with Crippen molar-refractivity contribution >= 4 is 41.0 Å². The maximum Gasteiger partial charge on any atom is 0.508 e. The summed E-state index contributed by atoms with van der Waals surface area (Å²) in [6, 6.07) is 0. The highest BCUT2D eigenvalue weighted by Crippen LogP contribution is 2.25. The van der Waals surface area contributed by atoms with E-state index in [0.717, 1.165) is 12.8 Å². The first-order valence-corrected chi connectivity index (χ1v) is 4.95. The fourth-order valence-electron chi connectivity index (χ4n) is 0.482. The maximum atomic E-state index is 10.7. The molecule has 0 aliphatic carbocycles. The predicted molar refractivity (Wildman–Crippen MR) is 52.5 cm³/mol. The van der Waals surface area contributed by atoms with Crippen molar-refractivity contribution in [3.8, 4) is 0 Å². The van der Waals surface area contributed by atoms with Crippen LogP contribution in [0.4, 0.5) is 4.79 Å². The van der Waals surface area contributed by atoms with Crippen molar-refractivity contribution in [1.29, 1.82) is 0 Å². The number of carbonyl (C=O) groups is 1. The molecule has 0 aromatic rings. The second-order valence-corrected chi connectivity index (χ2v) is 4.87. The van der Waals surface area contributed by atoms with E-state index in [4.69, 9.17) is 34.8 Å². The Balaban J connectivity index is 3.41. The maximum absolute atomic E-state index is 10.7. The van der Waals surface area contributed by atoms with E-state index in [-0.39, 0.29) is 6.61 Å². The third kappa shape index (κ3) is 10.1.